The van der Waals surface area contributed by atoms with Gasteiger partial charge in [-0.3, -0.25) is 0 Å². The van der Waals surface area contributed by atoms with Crippen LogP contribution in [0, 0.1) is 17.1 Å². The largest absolute Gasteiger partial charge is 0.207 e. The Hall–Kier alpha value is -2.31. The van der Waals surface area contributed by atoms with E-state index in [1.54, 1.807) is 18.2 Å². The fourth-order valence-corrected chi connectivity index (χ4v) is 1.05. The number of rotatable bonds is 3. The Bertz CT molecular complexity index is 467. The first-order valence-electron chi connectivity index (χ1n) is 4.14. The highest BCUT2D eigenvalue weighted by Crippen LogP contribution is 2.09. The maximum Gasteiger partial charge on any atom is 0.125 e. The Morgan fingerprint density at radius 3 is 3.00 bits per heavy atom. The first kappa shape index (κ1) is 10.8. The molecule has 0 spiro atoms. The first-order valence-corrected chi connectivity index (χ1v) is 4.14. The van der Waals surface area contributed by atoms with Crippen molar-refractivity contribution < 1.29 is 4.39 Å². The van der Waals surface area contributed by atoms with Crippen molar-refractivity contribution in [3.63, 3.8) is 0 Å². The van der Waals surface area contributed by atoms with Crippen LogP contribution in [0.5, 0.6) is 0 Å². The maximum absolute atomic E-state index is 12.9. The van der Waals surface area contributed by atoms with Gasteiger partial charge in [-0.1, -0.05) is 17.3 Å². The molecule has 0 bridgehead atoms. The first-order chi connectivity index (χ1) is 7.26. The zero-order valence-corrected chi connectivity index (χ0v) is 7.76. The summed E-state index contributed by atoms with van der Waals surface area (Å²) >= 11 is 0. The average Bonchev–Trinajstić information content (AvgIpc) is 2.23. The summed E-state index contributed by atoms with van der Waals surface area (Å²) in [5.41, 5.74) is 8.84. The minimum absolute atomic E-state index is 0.203. The van der Waals surface area contributed by atoms with Crippen molar-refractivity contribution in [1.82, 2.24) is 0 Å². The standard InChI is InChI=1S/C10H7FN4/c11-10-5-8(2-1-3-14-15-13)4-9(6-10)7-12/h1-2,4-6H,3H2. The summed E-state index contributed by atoms with van der Waals surface area (Å²) in [6.45, 7) is 0.203. The third-order valence-corrected chi connectivity index (χ3v) is 1.61. The van der Waals surface area contributed by atoms with Crippen molar-refractivity contribution >= 4 is 6.08 Å². The number of nitriles is 1. The molecule has 0 saturated heterocycles. The van der Waals surface area contributed by atoms with Gasteiger partial charge >= 0.3 is 0 Å². The Morgan fingerprint density at radius 1 is 1.53 bits per heavy atom. The lowest BCUT2D eigenvalue weighted by Crippen LogP contribution is -1.82. The summed E-state index contributed by atoms with van der Waals surface area (Å²) < 4.78 is 12.9. The molecule has 74 valence electrons. The third-order valence-electron chi connectivity index (χ3n) is 1.61. The molecule has 0 aliphatic carbocycles. The SMILES string of the molecule is N#Cc1cc(F)cc(C=CCN=[N+]=[N-])c1. The molecule has 0 N–H and O–H groups in total. The van der Waals surface area contributed by atoms with Crippen molar-refractivity contribution in [1.29, 1.82) is 5.26 Å². The summed E-state index contributed by atoms with van der Waals surface area (Å²) in [7, 11) is 0. The molecule has 1 rings (SSSR count). The molecule has 0 aliphatic rings. The Labute approximate surface area is 85.9 Å². The van der Waals surface area contributed by atoms with E-state index in [9.17, 15) is 4.39 Å². The van der Waals surface area contributed by atoms with Gasteiger partial charge in [-0.25, -0.2) is 4.39 Å². The van der Waals surface area contributed by atoms with Crippen LogP contribution in [-0.4, -0.2) is 6.54 Å². The van der Waals surface area contributed by atoms with Gasteiger partial charge in [0.25, 0.3) is 0 Å². The second-order valence-electron chi connectivity index (χ2n) is 2.70. The van der Waals surface area contributed by atoms with Gasteiger partial charge in [0, 0.05) is 11.5 Å². The summed E-state index contributed by atoms with van der Waals surface area (Å²) in [5.74, 6) is -0.461. The Morgan fingerprint density at radius 2 is 2.33 bits per heavy atom. The van der Waals surface area contributed by atoms with Crippen molar-refractivity contribution in [2.75, 3.05) is 6.54 Å². The molecule has 0 radical (unpaired) electrons. The number of halogens is 1. The maximum atomic E-state index is 12.9. The number of hydrogen-bond acceptors (Lipinski definition) is 2. The van der Waals surface area contributed by atoms with Gasteiger partial charge in [0.1, 0.15) is 5.82 Å². The molecule has 1 aromatic carbocycles. The van der Waals surface area contributed by atoms with Gasteiger partial charge in [0.15, 0.2) is 0 Å². The highest BCUT2D eigenvalue weighted by atomic mass is 19.1. The van der Waals surface area contributed by atoms with Gasteiger partial charge in [-0.15, -0.1) is 0 Å². The van der Waals surface area contributed by atoms with Crippen LogP contribution in [0.3, 0.4) is 0 Å². The van der Waals surface area contributed by atoms with Gasteiger partial charge in [-0.05, 0) is 29.3 Å². The van der Waals surface area contributed by atoms with Gasteiger partial charge in [-0.2, -0.15) is 5.26 Å². The molecule has 0 unspecified atom stereocenters. The molecular formula is C10H7FN4. The minimum Gasteiger partial charge on any atom is -0.207 e. The monoisotopic (exact) mass is 202 g/mol. The second kappa shape index (κ2) is 5.43. The fraction of sp³-hybridized carbons (Fsp3) is 0.100. The molecule has 0 heterocycles. The molecule has 0 aromatic heterocycles. The number of nitrogens with zero attached hydrogens (tertiary/aromatic N) is 4. The molecule has 0 fully saturated rings. The van der Waals surface area contributed by atoms with Crippen LogP contribution in [0.4, 0.5) is 4.39 Å². The van der Waals surface area contributed by atoms with Crippen LogP contribution in [0.15, 0.2) is 29.4 Å². The lowest BCUT2D eigenvalue weighted by molar-refractivity contribution is 0.627. The van der Waals surface area contributed by atoms with Gasteiger partial charge < -0.3 is 0 Å². The summed E-state index contributed by atoms with van der Waals surface area (Å²) in [5, 5.41) is 11.9. The van der Waals surface area contributed by atoms with E-state index in [1.165, 1.54) is 6.07 Å². The van der Waals surface area contributed by atoms with Crippen molar-refractivity contribution in [2.45, 2.75) is 0 Å². The molecule has 15 heavy (non-hydrogen) atoms. The fourth-order valence-electron chi connectivity index (χ4n) is 1.05. The van der Waals surface area contributed by atoms with Crippen molar-refractivity contribution in [3.05, 3.63) is 51.7 Å². The predicted molar refractivity (Wildman–Crippen MR) is 54.2 cm³/mol. The average molecular weight is 202 g/mol. The van der Waals surface area contributed by atoms with E-state index in [0.717, 1.165) is 6.07 Å². The number of hydrogen-bond donors (Lipinski definition) is 0. The highest BCUT2D eigenvalue weighted by Gasteiger charge is 1.96. The van der Waals surface area contributed by atoms with E-state index in [4.69, 9.17) is 10.8 Å². The van der Waals surface area contributed by atoms with Crippen LogP contribution < -0.4 is 0 Å². The Kier molecular flexibility index (Phi) is 3.90. The van der Waals surface area contributed by atoms with E-state index < -0.39 is 5.82 Å². The van der Waals surface area contributed by atoms with Crippen LogP contribution in [0.25, 0.3) is 16.5 Å². The summed E-state index contributed by atoms with van der Waals surface area (Å²) in [6, 6.07) is 5.86. The predicted octanol–water partition coefficient (Wildman–Crippen LogP) is 3.02. The minimum atomic E-state index is -0.461. The number of azide groups is 1. The zero-order valence-electron chi connectivity index (χ0n) is 7.76. The van der Waals surface area contributed by atoms with Gasteiger partial charge in [0.2, 0.25) is 0 Å². The van der Waals surface area contributed by atoms with E-state index in [2.05, 4.69) is 10.0 Å². The zero-order chi connectivity index (χ0) is 11.1. The molecule has 0 atom stereocenters. The number of benzene rings is 1. The van der Waals surface area contributed by atoms with Crippen LogP contribution in [-0.2, 0) is 0 Å². The van der Waals surface area contributed by atoms with E-state index >= 15 is 0 Å². The lowest BCUT2D eigenvalue weighted by atomic mass is 10.1. The molecular weight excluding hydrogens is 195 g/mol. The van der Waals surface area contributed by atoms with Crippen molar-refractivity contribution in [2.24, 2.45) is 5.11 Å². The summed E-state index contributed by atoms with van der Waals surface area (Å²) in [6.07, 6.45) is 3.19. The molecule has 1 aromatic rings. The van der Waals surface area contributed by atoms with Crippen molar-refractivity contribution in [3.8, 4) is 6.07 Å². The van der Waals surface area contributed by atoms with Crippen LogP contribution >= 0.6 is 0 Å². The van der Waals surface area contributed by atoms with Crippen LogP contribution in [0.2, 0.25) is 0 Å². The molecule has 0 saturated carbocycles. The van der Waals surface area contributed by atoms with E-state index in [0.29, 0.717) is 5.56 Å². The van der Waals surface area contributed by atoms with E-state index in [-0.39, 0.29) is 12.1 Å². The second-order valence-corrected chi connectivity index (χ2v) is 2.70. The quantitative estimate of drug-likeness (QED) is 0.421. The summed E-state index contributed by atoms with van der Waals surface area (Å²) in [4.78, 5) is 2.57. The topological polar surface area (TPSA) is 72.5 Å². The molecule has 5 heteroatoms. The lowest BCUT2D eigenvalue weighted by Gasteiger charge is -1.95. The third kappa shape index (κ3) is 3.51. The highest BCUT2D eigenvalue weighted by molar-refractivity contribution is 5.52. The van der Waals surface area contributed by atoms with Crippen LogP contribution in [0.1, 0.15) is 11.1 Å². The van der Waals surface area contributed by atoms with E-state index in [1.807, 2.05) is 6.07 Å². The molecule has 0 aliphatic heterocycles. The van der Waals surface area contributed by atoms with Gasteiger partial charge in [0.05, 0.1) is 11.6 Å². The Balaban J connectivity index is 2.86. The molecule has 4 nitrogen and oxygen atoms in total. The normalized spacial score (nSPS) is 9.60. The molecule has 0 amide bonds. The smallest absolute Gasteiger partial charge is 0.125 e.